The van der Waals surface area contributed by atoms with Crippen molar-refractivity contribution in [2.45, 2.75) is 167 Å². The predicted octanol–water partition coefficient (Wildman–Crippen LogP) is 7.45. The molecule has 0 rings (SSSR count). The lowest BCUT2D eigenvalue weighted by atomic mass is 10.0. The minimum Gasteiger partial charge on any atom is -0.394 e. The lowest BCUT2D eigenvalue weighted by Crippen LogP contribution is -2.45. The van der Waals surface area contributed by atoms with Crippen LogP contribution in [0.5, 0.6) is 0 Å². The topological polar surface area (TPSA) is 69.6 Å². The van der Waals surface area contributed by atoms with Gasteiger partial charge >= 0.3 is 0 Å². The van der Waals surface area contributed by atoms with Crippen LogP contribution in [0, 0.1) is 0 Å². The Morgan fingerprint density at radius 2 is 1.00 bits per heavy atom. The number of rotatable bonds is 25. The first-order valence-electron chi connectivity index (χ1n) is 14.2. The molecule has 0 radical (unpaired) electrons. The molecule has 2 atom stereocenters. The van der Waals surface area contributed by atoms with Gasteiger partial charge in [0.2, 0.25) is 5.91 Å². The molecule has 0 spiro atoms. The van der Waals surface area contributed by atoms with Gasteiger partial charge in [-0.3, -0.25) is 4.79 Å². The number of aliphatic hydroxyl groups is 2. The van der Waals surface area contributed by atoms with Crippen molar-refractivity contribution in [2.24, 2.45) is 0 Å². The number of hydrogen-bond acceptors (Lipinski definition) is 3. The fourth-order valence-electron chi connectivity index (χ4n) is 4.36. The smallest absolute Gasteiger partial charge is 0.220 e. The molecule has 3 N–H and O–H groups in total. The van der Waals surface area contributed by atoms with Gasteiger partial charge in [0.25, 0.3) is 0 Å². The summed E-state index contributed by atoms with van der Waals surface area (Å²) in [5.41, 5.74) is 0. The summed E-state index contributed by atoms with van der Waals surface area (Å²) >= 11 is 0. The lowest BCUT2D eigenvalue weighted by Gasteiger charge is -2.22. The molecular weight excluding hydrogens is 398 g/mol. The number of carbonyl (C=O) groups is 1. The van der Waals surface area contributed by atoms with Crippen LogP contribution in [0.1, 0.15) is 155 Å². The van der Waals surface area contributed by atoms with Crippen LogP contribution >= 0.6 is 0 Å². The number of aliphatic hydroxyl groups excluding tert-OH is 2. The van der Waals surface area contributed by atoms with Crippen LogP contribution in [0.3, 0.4) is 0 Å². The average Bonchev–Trinajstić information content (AvgIpc) is 2.79. The maximum absolute atomic E-state index is 12.1. The number of carbonyl (C=O) groups excluding carboxylic acids is 1. The zero-order valence-corrected chi connectivity index (χ0v) is 21.7. The van der Waals surface area contributed by atoms with Crippen LogP contribution in [0.2, 0.25) is 0 Å². The monoisotopic (exact) mass is 455 g/mol. The molecule has 192 valence electrons. The molecule has 0 aromatic heterocycles. The van der Waals surface area contributed by atoms with Crippen LogP contribution in [0.4, 0.5) is 0 Å². The number of unbranched alkanes of at least 4 members (excludes halogenated alkanes) is 18. The fraction of sp³-hybridized carbons (Fsp3) is 0.964. The molecule has 0 aliphatic carbocycles. The Kier molecular flexibility index (Phi) is 24.5. The number of amides is 1. The van der Waals surface area contributed by atoms with Crippen LogP contribution in [-0.4, -0.2) is 34.9 Å². The number of hydrogen-bond donors (Lipinski definition) is 3. The third kappa shape index (κ3) is 21.2. The molecule has 0 fully saturated rings. The third-order valence-electron chi connectivity index (χ3n) is 6.62. The van der Waals surface area contributed by atoms with Gasteiger partial charge in [0, 0.05) is 6.42 Å². The molecule has 0 aliphatic rings. The van der Waals surface area contributed by atoms with Crippen molar-refractivity contribution in [1.29, 1.82) is 0 Å². The van der Waals surface area contributed by atoms with Gasteiger partial charge in [-0.25, -0.2) is 0 Å². The Morgan fingerprint density at radius 3 is 1.41 bits per heavy atom. The minimum atomic E-state index is -0.647. The molecule has 0 saturated carbocycles. The molecule has 0 aliphatic heterocycles. The molecule has 4 nitrogen and oxygen atoms in total. The highest BCUT2D eigenvalue weighted by Gasteiger charge is 2.19. The van der Waals surface area contributed by atoms with Crippen molar-refractivity contribution in [2.75, 3.05) is 6.61 Å². The first kappa shape index (κ1) is 31.4. The van der Waals surface area contributed by atoms with E-state index in [2.05, 4.69) is 19.2 Å². The second-order valence-corrected chi connectivity index (χ2v) is 9.83. The summed E-state index contributed by atoms with van der Waals surface area (Å²) in [6.07, 6.45) is 25.7. The molecule has 0 heterocycles. The third-order valence-corrected chi connectivity index (χ3v) is 6.62. The van der Waals surface area contributed by atoms with Crippen molar-refractivity contribution in [1.82, 2.24) is 5.32 Å². The highest BCUT2D eigenvalue weighted by Crippen LogP contribution is 2.14. The second-order valence-electron chi connectivity index (χ2n) is 9.83. The van der Waals surface area contributed by atoms with Crippen LogP contribution in [-0.2, 0) is 4.79 Å². The van der Waals surface area contributed by atoms with Gasteiger partial charge in [0.05, 0.1) is 18.8 Å². The zero-order valence-electron chi connectivity index (χ0n) is 21.7. The Balaban J connectivity index is 3.58. The SMILES string of the molecule is CCCCCCCCCCCCCCC[C@@H](O)[C@H](CO)NC(=O)CCCCCCCCC. The highest BCUT2D eigenvalue weighted by molar-refractivity contribution is 5.76. The van der Waals surface area contributed by atoms with E-state index in [1.165, 1.54) is 103 Å². The van der Waals surface area contributed by atoms with E-state index in [0.29, 0.717) is 12.8 Å². The molecular formula is C28H57NO3. The van der Waals surface area contributed by atoms with E-state index >= 15 is 0 Å². The van der Waals surface area contributed by atoms with Gasteiger partial charge in [-0.1, -0.05) is 136 Å². The Bertz CT molecular complexity index is 389. The summed E-state index contributed by atoms with van der Waals surface area (Å²) in [7, 11) is 0. The summed E-state index contributed by atoms with van der Waals surface area (Å²) in [5.74, 6) is -0.0398. The molecule has 32 heavy (non-hydrogen) atoms. The van der Waals surface area contributed by atoms with E-state index in [4.69, 9.17) is 0 Å². The van der Waals surface area contributed by atoms with Gasteiger partial charge in [-0.05, 0) is 12.8 Å². The maximum Gasteiger partial charge on any atom is 0.220 e. The predicted molar refractivity (Wildman–Crippen MR) is 138 cm³/mol. The van der Waals surface area contributed by atoms with Gasteiger partial charge < -0.3 is 15.5 Å². The van der Waals surface area contributed by atoms with Gasteiger partial charge in [-0.2, -0.15) is 0 Å². The quantitative estimate of drug-likeness (QED) is 0.125. The van der Waals surface area contributed by atoms with Crippen molar-refractivity contribution >= 4 is 5.91 Å². The summed E-state index contributed by atoms with van der Waals surface area (Å²) < 4.78 is 0. The van der Waals surface area contributed by atoms with E-state index in [-0.39, 0.29) is 12.5 Å². The van der Waals surface area contributed by atoms with Crippen molar-refractivity contribution < 1.29 is 15.0 Å². The molecule has 0 unspecified atom stereocenters. The Morgan fingerprint density at radius 1 is 0.625 bits per heavy atom. The zero-order chi connectivity index (χ0) is 23.7. The van der Waals surface area contributed by atoms with E-state index < -0.39 is 12.1 Å². The maximum atomic E-state index is 12.1. The van der Waals surface area contributed by atoms with Gasteiger partial charge in [-0.15, -0.1) is 0 Å². The van der Waals surface area contributed by atoms with Gasteiger partial charge in [0.1, 0.15) is 0 Å². The Hall–Kier alpha value is -0.610. The molecule has 1 amide bonds. The molecule has 0 aromatic carbocycles. The lowest BCUT2D eigenvalue weighted by molar-refractivity contribution is -0.123. The Labute approximate surface area is 200 Å². The summed E-state index contributed by atoms with van der Waals surface area (Å²) in [6, 6.07) is -0.524. The second kappa shape index (κ2) is 25.0. The van der Waals surface area contributed by atoms with Crippen LogP contribution in [0.25, 0.3) is 0 Å². The van der Waals surface area contributed by atoms with Crippen molar-refractivity contribution in [3.8, 4) is 0 Å². The summed E-state index contributed by atoms with van der Waals surface area (Å²) in [6.45, 7) is 4.29. The van der Waals surface area contributed by atoms with Crippen LogP contribution < -0.4 is 5.32 Å². The summed E-state index contributed by atoms with van der Waals surface area (Å²) in [4.78, 5) is 12.1. The van der Waals surface area contributed by atoms with E-state index in [0.717, 1.165) is 25.7 Å². The molecule has 0 aromatic rings. The first-order chi connectivity index (χ1) is 15.7. The molecule has 0 saturated heterocycles. The minimum absolute atomic E-state index is 0.0398. The summed E-state index contributed by atoms with van der Waals surface area (Å²) in [5, 5.41) is 22.8. The van der Waals surface area contributed by atoms with Crippen molar-refractivity contribution in [3.63, 3.8) is 0 Å². The highest BCUT2D eigenvalue weighted by atomic mass is 16.3. The molecule has 0 bridgehead atoms. The number of nitrogens with one attached hydrogen (secondary N) is 1. The van der Waals surface area contributed by atoms with Crippen LogP contribution in [0.15, 0.2) is 0 Å². The van der Waals surface area contributed by atoms with E-state index in [1.54, 1.807) is 0 Å². The largest absolute Gasteiger partial charge is 0.394 e. The normalized spacial score (nSPS) is 13.2. The average molecular weight is 456 g/mol. The van der Waals surface area contributed by atoms with E-state index in [9.17, 15) is 15.0 Å². The van der Waals surface area contributed by atoms with E-state index in [1.807, 2.05) is 0 Å². The van der Waals surface area contributed by atoms with Crippen molar-refractivity contribution in [3.05, 3.63) is 0 Å². The molecule has 4 heteroatoms. The standard InChI is InChI=1S/C28H57NO3/c1-3-5-7-9-11-12-13-14-15-16-18-19-21-23-27(31)26(25-30)29-28(32)24-22-20-17-10-8-6-4-2/h26-27,30-31H,3-25H2,1-2H3,(H,29,32)/t26-,27+/m0/s1. The first-order valence-corrected chi connectivity index (χ1v) is 14.2. The fourth-order valence-corrected chi connectivity index (χ4v) is 4.36. The van der Waals surface area contributed by atoms with Gasteiger partial charge in [0.15, 0.2) is 0 Å².